The van der Waals surface area contributed by atoms with Crippen LogP contribution >= 0.6 is 0 Å². The minimum absolute atomic E-state index is 0.109. The van der Waals surface area contributed by atoms with Crippen molar-refractivity contribution in [2.24, 2.45) is 11.8 Å². The summed E-state index contributed by atoms with van der Waals surface area (Å²) in [5.74, 6) is 6.96. The topological polar surface area (TPSA) is 83.0 Å². The smallest absolute Gasteiger partial charge is 0.247 e. The third kappa shape index (κ3) is 7.05. The molecule has 35 heavy (non-hydrogen) atoms. The molecule has 0 saturated heterocycles. The Bertz CT molecular complexity index is 1140. The highest BCUT2D eigenvalue weighted by molar-refractivity contribution is 7.89. The third-order valence-corrected chi connectivity index (χ3v) is 8.12. The summed E-state index contributed by atoms with van der Waals surface area (Å²) in [5, 5.41) is 9.81. The molecule has 7 nitrogen and oxygen atoms in total. The van der Waals surface area contributed by atoms with Crippen LogP contribution in [0.25, 0.3) is 0 Å². The second-order valence-electron chi connectivity index (χ2n) is 9.85. The molecule has 0 spiro atoms. The van der Waals surface area contributed by atoms with E-state index in [1.165, 1.54) is 4.31 Å². The number of hydrogen-bond donors (Lipinski definition) is 1. The molecule has 3 atom stereocenters. The fraction of sp³-hybridized carbons (Fsp3) is 0.519. The maximum atomic E-state index is 13.6. The molecule has 2 heterocycles. The van der Waals surface area contributed by atoms with Crippen LogP contribution in [0.5, 0.6) is 5.75 Å². The van der Waals surface area contributed by atoms with Gasteiger partial charge < -0.3 is 9.84 Å². The van der Waals surface area contributed by atoms with E-state index in [9.17, 15) is 13.5 Å². The number of pyridine rings is 1. The summed E-state index contributed by atoms with van der Waals surface area (Å²) in [7, 11) is -1.84. The lowest BCUT2D eigenvalue weighted by molar-refractivity contribution is 0.0733. The summed E-state index contributed by atoms with van der Waals surface area (Å²) >= 11 is 0. The van der Waals surface area contributed by atoms with E-state index in [4.69, 9.17) is 4.74 Å². The first kappa shape index (κ1) is 27.2. The molecule has 8 heteroatoms. The number of sulfonamides is 1. The van der Waals surface area contributed by atoms with E-state index < -0.39 is 16.1 Å². The van der Waals surface area contributed by atoms with Gasteiger partial charge in [0.2, 0.25) is 10.0 Å². The standard InChI is InChI=1S/C27H37N3O4S/c1-20(2)7-6-8-23-9-10-27-25(15-23)34-26(18-29(5)17-24-11-13-28-14-12-24)21(3)16-30(22(4)19-31)35(27,32)33/h9-15,20-22,26,31H,7,16-19H2,1-5H3/t21-,22+,26+/m1/s1. The molecule has 0 saturated carbocycles. The van der Waals surface area contributed by atoms with Crippen molar-refractivity contribution in [3.05, 3.63) is 53.9 Å². The van der Waals surface area contributed by atoms with Crippen molar-refractivity contribution in [2.45, 2.75) is 57.7 Å². The van der Waals surface area contributed by atoms with Crippen molar-refractivity contribution >= 4 is 10.0 Å². The van der Waals surface area contributed by atoms with Crippen LogP contribution in [0.3, 0.4) is 0 Å². The van der Waals surface area contributed by atoms with Gasteiger partial charge in [0.25, 0.3) is 0 Å². The number of aromatic nitrogens is 1. The fourth-order valence-corrected chi connectivity index (χ4v) is 5.88. The zero-order valence-electron chi connectivity index (χ0n) is 21.3. The van der Waals surface area contributed by atoms with Crippen molar-refractivity contribution in [3.8, 4) is 17.6 Å². The lowest BCUT2D eigenvalue weighted by Gasteiger charge is -2.37. The van der Waals surface area contributed by atoms with Crippen LogP contribution < -0.4 is 4.74 Å². The van der Waals surface area contributed by atoms with Crippen molar-refractivity contribution in [1.82, 2.24) is 14.2 Å². The molecule has 0 bridgehead atoms. The van der Waals surface area contributed by atoms with E-state index in [2.05, 4.69) is 35.6 Å². The number of fused-ring (bicyclic) bond motifs is 1. The first-order chi connectivity index (χ1) is 16.6. The Morgan fingerprint density at radius 3 is 2.60 bits per heavy atom. The van der Waals surface area contributed by atoms with Gasteiger partial charge in [-0.05, 0) is 55.8 Å². The zero-order valence-corrected chi connectivity index (χ0v) is 22.1. The zero-order chi connectivity index (χ0) is 25.6. The van der Waals surface area contributed by atoms with Crippen molar-refractivity contribution in [3.63, 3.8) is 0 Å². The molecule has 0 amide bonds. The van der Waals surface area contributed by atoms with Gasteiger partial charge in [0.15, 0.2) is 0 Å². The maximum absolute atomic E-state index is 13.6. The number of benzene rings is 1. The number of hydrogen-bond acceptors (Lipinski definition) is 6. The van der Waals surface area contributed by atoms with Gasteiger partial charge in [0.1, 0.15) is 16.7 Å². The Hall–Kier alpha value is -2.44. The van der Waals surface area contributed by atoms with Crippen LogP contribution in [-0.2, 0) is 16.6 Å². The van der Waals surface area contributed by atoms with Gasteiger partial charge in [-0.25, -0.2) is 8.42 Å². The SMILES string of the molecule is CC(C)CC#Cc1ccc2c(c1)O[C@@H](CN(C)Cc1ccncc1)[C@H](C)CN([C@@H](C)CO)S2(=O)=O. The summed E-state index contributed by atoms with van der Waals surface area (Å²) in [5.41, 5.74) is 1.86. The van der Waals surface area contributed by atoms with Crippen molar-refractivity contribution < 1.29 is 18.3 Å². The molecule has 1 aromatic carbocycles. The quantitative estimate of drug-likeness (QED) is 0.588. The van der Waals surface area contributed by atoms with Crippen LogP contribution in [0.2, 0.25) is 0 Å². The molecular weight excluding hydrogens is 462 g/mol. The highest BCUT2D eigenvalue weighted by atomic mass is 32.2. The molecule has 1 aliphatic rings. The normalized spacial score (nSPS) is 20.8. The lowest BCUT2D eigenvalue weighted by Crippen LogP contribution is -2.49. The Labute approximate surface area is 210 Å². The Kier molecular flexibility index (Phi) is 9.31. The average molecular weight is 500 g/mol. The van der Waals surface area contributed by atoms with E-state index in [0.29, 0.717) is 18.2 Å². The summed E-state index contributed by atoms with van der Waals surface area (Å²) in [6.07, 6.45) is 4.05. The maximum Gasteiger partial charge on any atom is 0.247 e. The van der Waals surface area contributed by atoms with Crippen LogP contribution in [0.1, 0.15) is 45.2 Å². The van der Waals surface area contributed by atoms with Gasteiger partial charge in [-0.1, -0.05) is 32.6 Å². The molecule has 0 radical (unpaired) electrons. The third-order valence-electron chi connectivity index (χ3n) is 6.10. The predicted octanol–water partition coefficient (Wildman–Crippen LogP) is 3.38. The van der Waals surface area contributed by atoms with E-state index in [1.54, 1.807) is 37.5 Å². The second kappa shape index (κ2) is 12.0. The summed E-state index contributed by atoms with van der Waals surface area (Å²) in [4.78, 5) is 6.35. The second-order valence-corrected chi connectivity index (χ2v) is 11.7. The van der Waals surface area contributed by atoms with Crippen LogP contribution in [0.15, 0.2) is 47.6 Å². The van der Waals surface area contributed by atoms with Gasteiger partial charge in [-0.3, -0.25) is 9.88 Å². The van der Waals surface area contributed by atoms with Crippen molar-refractivity contribution in [1.29, 1.82) is 0 Å². The number of aliphatic hydroxyl groups excluding tert-OH is 1. The van der Waals surface area contributed by atoms with Gasteiger partial charge in [-0.2, -0.15) is 4.31 Å². The minimum Gasteiger partial charge on any atom is -0.487 e. The highest BCUT2D eigenvalue weighted by Crippen LogP contribution is 2.34. The summed E-state index contributed by atoms with van der Waals surface area (Å²) in [6.45, 7) is 9.26. The van der Waals surface area contributed by atoms with E-state index in [0.717, 1.165) is 24.1 Å². The average Bonchev–Trinajstić information content (AvgIpc) is 2.81. The van der Waals surface area contributed by atoms with Gasteiger partial charge in [-0.15, -0.1) is 0 Å². The largest absolute Gasteiger partial charge is 0.487 e. The van der Waals surface area contributed by atoms with Gasteiger partial charge in [0.05, 0.1) is 6.61 Å². The molecule has 0 aliphatic carbocycles. The molecule has 190 valence electrons. The first-order valence-electron chi connectivity index (χ1n) is 12.1. The van der Waals surface area contributed by atoms with Crippen LogP contribution in [-0.4, -0.2) is 66.6 Å². The Morgan fingerprint density at radius 1 is 1.23 bits per heavy atom. The number of rotatable bonds is 7. The van der Waals surface area contributed by atoms with Crippen molar-refractivity contribution in [2.75, 3.05) is 26.7 Å². The fourth-order valence-electron chi connectivity index (χ4n) is 4.05. The molecular formula is C27H37N3O4S. The number of likely N-dealkylation sites (N-methyl/N-ethyl adjacent to an activating group) is 1. The van der Waals surface area contributed by atoms with E-state index >= 15 is 0 Å². The monoisotopic (exact) mass is 499 g/mol. The molecule has 0 fully saturated rings. The molecule has 1 N–H and O–H groups in total. The first-order valence-corrected chi connectivity index (χ1v) is 13.6. The van der Waals surface area contributed by atoms with Crippen LogP contribution in [0, 0.1) is 23.7 Å². The molecule has 1 aromatic heterocycles. The highest BCUT2D eigenvalue weighted by Gasteiger charge is 2.38. The van der Waals surface area contributed by atoms with Crippen LogP contribution in [0.4, 0.5) is 0 Å². The molecule has 2 aromatic rings. The van der Waals surface area contributed by atoms with E-state index in [1.807, 2.05) is 26.1 Å². The lowest BCUT2D eigenvalue weighted by atomic mass is 10.0. The van der Waals surface area contributed by atoms with E-state index in [-0.39, 0.29) is 30.1 Å². The van der Waals surface area contributed by atoms with Gasteiger partial charge in [0, 0.05) is 56.0 Å². The number of aliphatic hydroxyl groups is 1. The summed E-state index contributed by atoms with van der Waals surface area (Å²) in [6, 6.07) is 8.45. The Morgan fingerprint density at radius 2 is 1.94 bits per heavy atom. The summed E-state index contributed by atoms with van der Waals surface area (Å²) < 4.78 is 35.0. The molecule has 3 rings (SSSR count). The molecule has 0 unspecified atom stereocenters. The number of nitrogens with zero attached hydrogens (tertiary/aromatic N) is 3. The minimum atomic E-state index is -3.86. The van der Waals surface area contributed by atoms with Gasteiger partial charge >= 0.3 is 0 Å². The number of ether oxygens (including phenoxy) is 1. The Balaban J connectivity index is 1.97. The predicted molar refractivity (Wildman–Crippen MR) is 137 cm³/mol. The molecule has 1 aliphatic heterocycles.